The number of aromatic nitrogens is 2. The number of nitrogens with one attached hydrogen (secondary N) is 1. The molecule has 29 heavy (non-hydrogen) atoms. The van der Waals surface area contributed by atoms with Crippen molar-refractivity contribution in [2.24, 2.45) is 17.8 Å². The number of hydrogen-bond donors (Lipinski definition) is 3. The number of benzene rings is 1. The molecule has 4 N–H and O–H groups in total. The molecule has 0 saturated heterocycles. The Morgan fingerprint density at radius 1 is 1.14 bits per heavy atom. The first kappa shape index (κ1) is 22.3. The van der Waals surface area contributed by atoms with E-state index in [0.29, 0.717) is 22.8 Å². The minimum atomic E-state index is -4.69. The maximum absolute atomic E-state index is 12.8. The predicted molar refractivity (Wildman–Crippen MR) is 98.8 cm³/mol. The minimum absolute atomic E-state index is 0.201. The zero-order valence-electron chi connectivity index (χ0n) is 15.9. The van der Waals surface area contributed by atoms with E-state index in [0.717, 1.165) is 17.0 Å². The Bertz CT molecular complexity index is 1070. The average Bonchev–Trinajstić information content (AvgIpc) is 2.82. The van der Waals surface area contributed by atoms with Gasteiger partial charge in [0.25, 0.3) is 5.56 Å². The van der Waals surface area contributed by atoms with E-state index in [9.17, 15) is 4.79 Å². The molecule has 11 heteroatoms. The van der Waals surface area contributed by atoms with Crippen molar-refractivity contribution in [1.82, 2.24) is 9.36 Å². The second kappa shape index (κ2) is 8.55. The summed E-state index contributed by atoms with van der Waals surface area (Å²) in [6, 6.07) is 9.42. The molecule has 0 saturated carbocycles. The van der Waals surface area contributed by atoms with E-state index in [1.165, 1.54) is 0 Å². The minimum Gasteiger partial charge on any atom is -0.397 e. The van der Waals surface area contributed by atoms with Gasteiger partial charge in [0.2, 0.25) is 0 Å². The maximum Gasteiger partial charge on any atom is 0.297 e. The molecule has 0 radical (unpaired) electrons. The number of rotatable bonds is 2. The molecule has 0 aliphatic heterocycles. The monoisotopic (exact) mass is 421 g/mol. The van der Waals surface area contributed by atoms with E-state index in [4.69, 9.17) is 29.8 Å². The van der Waals surface area contributed by atoms with E-state index < -0.39 is 10.2 Å². The molecule has 1 aromatic heterocycles. The highest BCUT2D eigenvalue weighted by Crippen LogP contribution is 2.19. The number of allylic oxidation sites excluding steroid dienone is 3. The van der Waals surface area contributed by atoms with Gasteiger partial charge in [0, 0.05) is 7.05 Å². The molecule has 0 spiro atoms. The molecule has 0 amide bonds. The molecular weight excluding hydrogens is 402 g/mol. The van der Waals surface area contributed by atoms with Crippen LogP contribution in [0.3, 0.4) is 0 Å². The molecule has 1 aromatic carbocycles. The van der Waals surface area contributed by atoms with Gasteiger partial charge in [-0.2, -0.15) is 14.0 Å². The molecule has 0 bridgehead atoms. The highest BCUT2D eigenvalue weighted by molar-refractivity contribution is 6.22. The van der Waals surface area contributed by atoms with Crippen molar-refractivity contribution in [3.63, 3.8) is 0 Å². The summed E-state index contributed by atoms with van der Waals surface area (Å²) >= 11 is 0. The van der Waals surface area contributed by atoms with Crippen molar-refractivity contribution in [2.45, 2.75) is 13.8 Å². The first-order chi connectivity index (χ1) is 13.4. The van der Waals surface area contributed by atoms with Gasteiger partial charge in [-0.05, 0) is 43.7 Å². The summed E-state index contributed by atoms with van der Waals surface area (Å²) < 4.78 is 36.1. The van der Waals surface area contributed by atoms with Crippen LogP contribution in [0.1, 0.15) is 12.6 Å². The topological polar surface area (TPSA) is 179 Å². The quantitative estimate of drug-likeness (QED) is 0.484. The van der Waals surface area contributed by atoms with E-state index in [1.807, 2.05) is 51.2 Å². The third-order valence-electron chi connectivity index (χ3n) is 4.13. The van der Waals surface area contributed by atoms with Crippen LogP contribution in [-0.2, 0) is 7.05 Å². The van der Waals surface area contributed by atoms with Gasteiger partial charge in [0.15, 0.2) is 5.69 Å². The SMILES string of the molecule is CC1=CC(=Nc2c(C)n(C)n(-c3ccccc3)c2=O)C(N)=CC1=N.[O-][Cl+3]([O-])([O-])O. The van der Waals surface area contributed by atoms with Gasteiger partial charge in [-0.15, -0.1) is 0 Å². The van der Waals surface area contributed by atoms with Crippen molar-refractivity contribution in [3.8, 4) is 5.69 Å². The van der Waals surface area contributed by atoms with E-state index >= 15 is 0 Å². The number of hydrogen-bond acceptors (Lipinski definition) is 8. The van der Waals surface area contributed by atoms with Gasteiger partial charge in [-0.3, -0.25) is 9.48 Å². The van der Waals surface area contributed by atoms with Gasteiger partial charge in [-0.25, -0.2) is 9.67 Å². The fourth-order valence-electron chi connectivity index (χ4n) is 2.61. The average molecular weight is 422 g/mol. The lowest BCUT2D eigenvalue weighted by Crippen LogP contribution is -2.58. The van der Waals surface area contributed by atoms with Crippen LogP contribution in [0.15, 0.2) is 63.5 Å². The number of halogens is 1. The lowest BCUT2D eigenvalue weighted by molar-refractivity contribution is -1.92. The summed E-state index contributed by atoms with van der Waals surface area (Å²) in [6.07, 6.45) is 3.29. The maximum atomic E-state index is 12.8. The van der Waals surface area contributed by atoms with Crippen LogP contribution < -0.4 is 25.3 Å². The molecule has 0 atom stereocenters. The Morgan fingerprint density at radius 3 is 2.24 bits per heavy atom. The molecule has 2 aromatic rings. The zero-order valence-corrected chi connectivity index (χ0v) is 16.7. The normalized spacial score (nSPS) is 15.6. The molecule has 0 fully saturated rings. The van der Waals surface area contributed by atoms with Gasteiger partial charge < -0.3 is 11.1 Å². The predicted octanol–water partition coefficient (Wildman–Crippen LogP) is -1.74. The highest BCUT2D eigenvalue weighted by Gasteiger charge is 2.18. The summed E-state index contributed by atoms with van der Waals surface area (Å²) in [5.41, 5.74) is 9.66. The van der Waals surface area contributed by atoms with Crippen LogP contribution >= 0.6 is 0 Å². The van der Waals surface area contributed by atoms with Crippen molar-refractivity contribution in [1.29, 1.82) is 5.41 Å². The van der Waals surface area contributed by atoms with E-state index in [-0.39, 0.29) is 5.56 Å². The van der Waals surface area contributed by atoms with Gasteiger partial charge in [0.1, 0.15) is 0 Å². The van der Waals surface area contributed by atoms with Crippen LogP contribution in [0.2, 0.25) is 0 Å². The Kier molecular flexibility index (Phi) is 6.57. The molecule has 10 nitrogen and oxygen atoms in total. The molecular formula is C18H20ClN5O5. The van der Waals surface area contributed by atoms with Gasteiger partial charge in [-0.1, -0.05) is 18.2 Å². The summed E-state index contributed by atoms with van der Waals surface area (Å²) in [6.45, 7) is 3.67. The molecule has 3 rings (SSSR count). The van der Waals surface area contributed by atoms with Crippen LogP contribution in [0.4, 0.5) is 5.69 Å². The fraction of sp³-hybridized carbons (Fsp3) is 0.167. The first-order valence-electron chi connectivity index (χ1n) is 8.21. The second-order valence-corrected chi connectivity index (χ2v) is 6.94. The third-order valence-corrected chi connectivity index (χ3v) is 4.13. The lowest BCUT2D eigenvalue weighted by Gasteiger charge is -2.10. The molecule has 1 heterocycles. The number of para-hydroxylation sites is 1. The van der Waals surface area contributed by atoms with Crippen molar-refractivity contribution in [2.75, 3.05) is 0 Å². The van der Waals surface area contributed by atoms with Gasteiger partial charge in [0.05, 0.1) is 43.4 Å². The number of nitrogens with zero attached hydrogens (tertiary/aromatic N) is 3. The summed E-state index contributed by atoms with van der Waals surface area (Å²) in [7, 11) is -2.87. The lowest BCUT2D eigenvalue weighted by atomic mass is 10.0. The Balaban J connectivity index is 0.000000537. The molecule has 1 aliphatic rings. The van der Waals surface area contributed by atoms with Crippen molar-refractivity contribution in [3.05, 3.63) is 69.8 Å². The largest absolute Gasteiger partial charge is 0.397 e. The zero-order chi connectivity index (χ0) is 21.9. The van der Waals surface area contributed by atoms with Crippen LogP contribution in [-0.4, -0.2) is 25.4 Å². The Morgan fingerprint density at radius 2 is 1.69 bits per heavy atom. The first-order valence-corrected chi connectivity index (χ1v) is 9.47. The fourth-order valence-corrected chi connectivity index (χ4v) is 2.61. The second-order valence-electron chi connectivity index (χ2n) is 6.14. The van der Waals surface area contributed by atoms with Crippen molar-refractivity contribution >= 4 is 17.1 Å². The van der Waals surface area contributed by atoms with E-state index in [2.05, 4.69) is 4.99 Å². The summed E-state index contributed by atoms with van der Waals surface area (Å²) in [5.74, 6) is 0. The Labute approximate surface area is 168 Å². The molecule has 154 valence electrons. The third kappa shape index (κ3) is 5.50. The standard InChI is InChI=1S/C18H19N5O.ClHO4/c1-11-9-16(15(20)10-14(11)19)21-17-12(2)22(3)23(18(17)24)13-7-5-4-6-8-13;2-1(3,4)5/h4-10,19H,20H2,1-3H3;(H,2,3,4,5). The van der Waals surface area contributed by atoms with Gasteiger partial charge >= 0.3 is 0 Å². The van der Waals surface area contributed by atoms with E-state index in [1.54, 1.807) is 21.5 Å². The Hall–Kier alpha value is -3.02. The summed E-state index contributed by atoms with van der Waals surface area (Å²) in [4.78, 5) is 17.3. The molecule has 1 aliphatic carbocycles. The van der Waals surface area contributed by atoms with Crippen LogP contribution in [0, 0.1) is 22.6 Å². The smallest absolute Gasteiger partial charge is 0.297 e. The van der Waals surface area contributed by atoms with Crippen LogP contribution in [0.5, 0.6) is 0 Å². The molecule has 0 unspecified atom stereocenters. The number of nitrogens with two attached hydrogens (primary N) is 1. The number of aliphatic imine (C=N–C) groups is 1. The van der Waals surface area contributed by atoms with Crippen molar-refractivity contribution < 1.29 is 28.9 Å². The van der Waals surface area contributed by atoms with Crippen LogP contribution in [0.25, 0.3) is 5.69 Å². The summed E-state index contributed by atoms with van der Waals surface area (Å²) in [5, 5.41) is 7.78. The highest BCUT2D eigenvalue weighted by atomic mass is 35.7.